The summed E-state index contributed by atoms with van der Waals surface area (Å²) >= 11 is 0. The lowest BCUT2D eigenvalue weighted by Crippen LogP contribution is -2.23. The summed E-state index contributed by atoms with van der Waals surface area (Å²) in [5.41, 5.74) is -0.378. The molecular weight excluding hydrogens is 269 g/mol. The number of anilines is 2. The maximum atomic E-state index is 13.1. The van der Waals surface area contributed by atoms with Gasteiger partial charge in [-0.2, -0.15) is 10.1 Å². The smallest absolute Gasteiger partial charge is 0.337 e. The highest BCUT2D eigenvalue weighted by Gasteiger charge is 2.14. The van der Waals surface area contributed by atoms with Gasteiger partial charge in [-0.25, -0.2) is 18.7 Å². The zero-order valence-electron chi connectivity index (χ0n) is 10.3. The molecule has 0 bridgehead atoms. The number of aromatic carboxylic acids is 1. The molecule has 104 valence electrons. The molecule has 3 N–H and O–H groups in total. The van der Waals surface area contributed by atoms with Crippen molar-refractivity contribution in [2.75, 3.05) is 10.6 Å². The number of nitrogens with zero attached hydrogens (tertiary/aromatic N) is 3. The van der Waals surface area contributed by atoms with Crippen LogP contribution in [0.25, 0.3) is 0 Å². The fourth-order valence-corrected chi connectivity index (χ4v) is 1.47. The van der Waals surface area contributed by atoms with Crippen LogP contribution in [-0.4, -0.2) is 31.9 Å². The van der Waals surface area contributed by atoms with E-state index in [0.717, 1.165) is 18.2 Å². The van der Waals surface area contributed by atoms with E-state index in [9.17, 15) is 14.0 Å². The molecule has 20 heavy (non-hydrogen) atoms. The predicted molar refractivity (Wildman–Crippen MR) is 67.0 cm³/mol. The molecule has 0 radical (unpaired) electrons. The van der Waals surface area contributed by atoms with Crippen LogP contribution in [0.3, 0.4) is 0 Å². The Labute approximate surface area is 112 Å². The molecule has 2 aromatic rings. The van der Waals surface area contributed by atoms with Crippen LogP contribution in [0.2, 0.25) is 0 Å². The van der Waals surface area contributed by atoms with Crippen LogP contribution < -0.4 is 10.6 Å². The number of carbonyl (C=O) groups excluding carboxylic acids is 1. The number of rotatable bonds is 3. The average molecular weight is 279 g/mol. The average Bonchev–Trinajstić information content (AvgIpc) is 2.74. The molecule has 2 rings (SSSR count). The number of nitrogens with one attached hydrogen (secondary N) is 2. The summed E-state index contributed by atoms with van der Waals surface area (Å²) in [6.07, 6.45) is 1.24. The predicted octanol–water partition coefficient (Wildman–Crippen LogP) is 1.30. The van der Waals surface area contributed by atoms with Crippen LogP contribution in [0.15, 0.2) is 24.5 Å². The van der Waals surface area contributed by atoms with Gasteiger partial charge < -0.3 is 10.4 Å². The summed E-state index contributed by atoms with van der Waals surface area (Å²) in [4.78, 5) is 26.4. The number of hydrogen-bond acceptors (Lipinski definition) is 4. The van der Waals surface area contributed by atoms with Gasteiger partial charge in [0.1, 0.15) is 12.1 Å². The van der Waals surface area contributed by atoms with Crippen molar-refractivity contribution < 1.29 is 19.1 Å². The van der Waals surface area contributed by atoms with E-state index in [2.05, 4.69) is 20.7 Å². The highest BCUT2D eigenvalue weighted by molar-refractivity contribution is 6.04. The molecule has 0 aliphatic heterocycles. The van der Waals surface area contributed by atoms with Gasteiger partial charge in [0.05, 0.1) is 11.3 Å². The van der Waals surface area contributed by atoms with E-state index >= 15 is 0 Å². The minimum atomic E-state index is -1.28. The minimum Gasteiger partial charge on any atom is -0.478 e. The fourth-order valence-electron chi connectivity index (χ4n) is 1.47. The molecule has 1 aromatic carbocycles. The number of amides is 2. The fraction of sp³-hybridized carbons (Fsp3) is 0.0909. The molecule has 0 aliphatic rings. The van der Waals surface area contributed by atoms with Gasteiger partial charge in [-0.3, -0.25) is 5.32 Å². The number of carbonyl (C=O) groups is 2. The second-order valence-corrected chi connectivity index (χ2v) is 3.78. The van der Waals surface area contributed by atoms with Crippen LogP contribution in [0.4, 0.5) is 20.8 Å². The first kappa shape index (κ1) is 13.5. The summed E-state index contributed by atoms with van der Waals surface area (Å²) in [6.45, 7) is 0. The van der Waals surface area contributed by atoms with Crippen LogP contribution in [0, 0.1) is 5.82 Å². The van der Waals surface area contributed by atoms with Crippen LogP contribution in [0.5, 0.6) is 0 Å². The van der Waals surface area contributed by atoms with Gasteiger partial charge in [-0.05, 0) is 18.2 Å². The summed E-state index contributed by atoms with van der Waals surface area (Å²) in [7, 11) is 1.56. The zero-order valence-corrected chi connectivity index (χ0v) is 10.3. The van der Waals surface area contributed by atoms with E-state index in [0.29, 0.717) is 0 Å². The molecule has 0 spiro atoms. The van der Waals surface area contributed by atoms with Gasteiger partial charge in [-0.1, -0.05) is 0 Å². The summed E-state index contributed by atoms with van der Waals surface area (Å²) in [5, 5.41) is 17.3. The molecule has 9 heteroatoms. The van der Waals surface area contributed by atoms with E-state index in [-0.39, 0.29) is 17.2 Å². The number of carboxylic acid groups (broad SMARTS) is 1. The lowest BCUT2D eigenvalue weighted by atomic mass is 10.2. The molecule has 0 saturated heterocycles. The molecule has 8 nitrogen and oxygen atoms in total. The van der Waals surface area contributed by atoms with Gasteiger partial charge in [0, 0.05) is 7.05 Å². The van der Waals surface area contributed by atoms with Crippen molar-refractivity contribution in [3.8, 4) is 0 Å². The lowest BCUT2D eigenvalue weighted by Gasteiger charge is -2.09. The SMILES string of the molecule is Cn1ncnc1NC(=O)Nc1cc(F)ccc1C(=O)O. The van der Waals surface area contributed by atoms with Crippen molar-refractivity contribution >= 4 is 23.6 Å². The number of hydrogen-bond donors (Lipinski definition) is 3. The Morgan fingerprint density at radius 1 is 1.35 bits per heavy atom. The van der Waals surface area contributed by atoms with Gasteiger partial charge in [0.2, 0.25) is 5.95 Å². The molecule has 2 amide bonds. The first-order valence-corrected chi connectivity index (χ1v) is 5.42. The van der Waals surface area contributed by atoms with Gasteiger partial charge in [0.25, 0.3) is 0 Å². The molecular formula is C11H10FN5O3. The number of urea groups is 1. The van der Waals surface area contributed by atoms with Gasteiger partial charge in [-0.15, -0.1) is 0 Å². The molecule has 0 saturated carbocycles. The Bertz CT molecular complexity index is 670. The highest BCUT2D eigenvalue weighted by atomic mass is 19.1. The quantitative estimate of drug-likeness (QED) is 0.784. The Morgan fingerprint density at radius 2 is 2.10 bits per heavy atom. The number of aryl methyl sites for hydroxylation is 1. The maximum absolute atomic E-state index is 13.1. The molecule has 0 aliphatic carbocycles. The number of halogens is 1. The van der Waals surface area contributed by atoms with E-state index in [1.54, 1.807) is 7.05 Å². The third-order valence-electron chi connectivity index (χ3n) is 2.40. The molecule has 0 atom stereocenters. The number of aromatic nitrogens is 3. The monoisotopic (exact) mass is 279 g/mol. The van der Waals surface area contributed by atoms with Gasteiger partial charge in [0.15, 0.2) is 0 Å². The Kier molecular flexibility index (Phi) is 3.60. The molecule has 0 unspecified atom stereocenters. The van der Waals surface area contributed by atoms with Crippen molar-refractivity contribution in [3.05, 3.63) is 35.9 Å². The standard InChI is InChI=1S/C11H10FN5O3/c1-17-10(13-5-14-17)16-11(20)15-8-4-6(12)2-3-7(8)9(18)19/h2-5H,1H3,(H,18,19)(H2,13,14,15,16,20). The first-order valence-electron chi connectivity index (χ1n) is 5.42. The van der Waals surface area contributed by atoms with Crippen LogP contribution >= 0.6 is 0 Å². The van der Waals surface area contributed by atoms with Crippen molar-refractivity contribution in [1.29, 1.82) is 0 Å². The molecule has 0 fully saturated rings. The second kappa shape index (κ2) is 5.34. The molecule has 1 aromatic heterocycles. The number of benzene rings is 1. The van der Waals surface area contributed by atoms with Crippen LogP contribution in [-0.2, 0) is 7.05 Å². The van der Waals surface area contributed by atoms with Crippen molar-refractivity contribution in [2.24, 2.45) is 7.05 Å². The third kappa shape index (κ3) is 2.88. The van der Waals surface area contributed by atoms with E-state index in [1.165, 1.54) is 11.0 Å². The molecule has 1 heterocycles. The highest BCUT2D eigenvalue weighted by Crippen LogP contribution is 2.17. The Hall–Kier alpha value is -2.97. The second-order valence-electron chi connectivity index (χ2n) is 3.78. The Balaban J connectivity index is 2.17. The van der Waals surface area contributed by atoms with Crippen molar-refractivity contribution in [2.45, 2.75) is 0 Å². The maximum Gasteiger partial charge on any atom is 0.337 e. The topological polar surface area (TPSA) is 109 Å². The van der Waals surface area contributed by atoms with Crippen LogP contribution in [0.1, 0.15) is 10.4 Å². The van der Waals surface area contributed by atoms with E-state index < -0.39 is 17.8 Å². The van der Waals surface area contributed by atoms with Gasteiger partial charge >= 0.3 is 12.0 Å². The largest absolute Gasteiger partial charge is 0.478 e. The van der Waals surface area contributed by atoms with E-state index in [1.807, 2.05) is 0 Å². The number of carboxylic acids is 1. The summed E-state index contributed by atoms with van der Waals surface area (Å²) in [6, 6.07) is 2.22. The normalized spacial score (nSPS) is 10.1. The van der Waals surface area contributed by atoms with Crippen molar-refractivity contribution in [1.82, 2.24) is 14.8 Å². The minimum absolute atomic E-state index is 0.155. The first-order chi connectivity index (χ1) is 9.47. The lowest BCUT2D eigenvalue weighted by molar-refractivity contribution is 0.0698. The van der Waals surface area contributed by atoms with E-state index in [4.69, 9.17) is 5.11 Å². The van der Waals surface area contributed by atoms with Crippen molar-refractivity contribution in [3.63, 3.8) is 0 Å². The summed E-state index contributed by atoms with van der Waals surface area (Å²) in [5.74, 6) is -1.78. The zero-order chi connectivity index (χ0) is 14.7. The summed E-state index contributed by atoms with van der Waals surface area (Å²) < 4.78 is 14.4. The third-order valence-corrected chi connectivity index (χ3v) is 2.40. The Morgan fingerprint density at radius 3 is 2.70 bits per heavy atom.